The molecule has 8 N–H and O–H groups in total. The maximum Gasteiger partial charge on any atom is 0.318 e. The quantitative estimate of drug-likeness (QED) is 0.157. The number of nitrogens with one attached hydrogen (secondary N) is 3. The fraction of sp³-hybridized carbons (Fsp3) is 0.545. The summed E-state index contributed by atoms with van der Waals surface area (Å²) in [4.78, 5) is 60.1. The summed E-state index contributed by atoms with van der Waals surface area (Å²) in [6, 6.07) is 5.30. The number of phenolic OH excluding ortho intramolecular Hbond substituents is 1. The Morgan fingerprint density at radius 2 is 1.54 bits per heavy atom. The third-order valence-corrected chi connectivity index (χ3v) is 10.2. The molecule has 2 saturated heterocycles. The minimum atomic E-state index is -1.01. The molecule has 0 bridgehead atoms. The highest BCUT2D eigenvalue weighted by Gasteiger charge is 2.33. The average Bonchev–Trinajstić information content (AvgIpc) is 3.09. The second-order valence-electron chi connectivity index (χ2n) is 12.4. The number of aromatic hydroxyl groups is 1. The van der Waals surface area contributed by atoms with E-state index in [-0.39, 0.29) is 30.7 Å². The van der Waals surface area contributed by atoms with Gasteiger partial charge in [-0.3, -0.25) is 19.4 Å². The SMILES string of the molecule is NCCCC[C@H](NC(=O)[C@@H](Cc1cc(Br)c(O)c(Br)c1)NC(=O)N1CCC(NCC(N)=O)CC1)C(=O)N1CCC(c2ccncc2)CC1. The summed E-state index contributed by atoms with van der Waals surface area (Å²) in [7, 11) is 0. The zero-order valence-corrected chi connectivity index (χ0v) is 30.2. The smallest absolute Gasteiger partial charge is 0.318 e. The van der Waals surface area contributed by atoms with Crippen LogP contribution in [0, 0.1) is 0 Å². The number of urea groups is 1. The maximum atomic E-state index is 14.0. The summed E-state index contributed by atoms with van der Waals surface area (Å²) in [5, 5.41) is 19.2. The zero-order chi connectivity index (χ0) is 34.6. The number of nitrogens with zero attached hydrogens (tertiary/aromatic N) is 3. The standard InChI is InChI=1S/C33H46Br2N8O5/c34-25-17-21(18-26(35)30(25)45)19-28(41-33(48)43-15-8-24(9-16-43)39-20-29(37)44)31(46)40-27(3-1-2-10-36)32(47)42-13-6-23(7-14-42)22-4-11-38-12-5-22/h4-5,11-12,17-18,23-24,27-28,39,45H,1-3,6-10,13-16,19-20,36H2,(H2,37,44)(H,40,46)(H,41,48)/t27-,28+/m0/s1. The lowest BCUT2D eigenvalue weighted by Gasteiger charge is -2.35. The van der Waals surface area contributed by atoms with Gasteiger partial charge in [-0.1, -0.05) is 0 Å². The molecule has 2 aliphatic rings. The molecule has 2 aromatic rings. The third-order valence-electron chi connectivity index (χ3n) is 9.02. The van der Waals surface area contributed by atoms with Gasteiger partial charge in [0.15, 0.2) is 0 Å². The van der Waals surface area contributed by atoms with Gasteiger partial charge in [0.2, 0.25) is 17.7 Å². The van der Waals surface area contributed by atoms with E-state index >= 15 is 0 Å². The van der Waals surface area contributed by atoms with E-state index in [1.807, 2.05) is 17.0 Å². The van der Waals surface area contributed by atoms with E-state index in [9.17, 15) is 24.3 Å². The van der Waals surface area contributed by atoms with Gasteiger partial charge in [0.25, 0.3) is 0 Å². The van der Waals surface area contributed by atoms with Gasteiger partial charge in [-0.2, -0.15) is 0 Å². The van der Waals surface area contributed by atoms with Crippen LogP contribution in [0.4, 0.5) is 4.79 Å². The number of pyridine rings is 1. The van der Waals surface area contributed by atoms with Gasteiger partial charge in [-0.15, -0.1) is 0 Å². The fourth-order valence-electron chi connectivity index (χ4n) is 6.26. The third kappa shape index (κ3) is 10.9. The van der Waals surface area contributed by atoms with Crippen LogP contribution in [0.3, 0.4) is 0 Å². The van der Waals surface area contributed by atoms with Gasteiger partial charge >= 0.3 is 6.03 Å². The molecule has 2 aliphatic heterocycles. The lowest BCUT2D eigenvalue weighted by molar-refractivity contribution is -0.138. The normalized spacial score (nSPS) is 17.1. The van der Waals surface area contributed by atoms with Crippen LogP contribution in [-0.2, 0) is 20.8 Å². The van der Waals surface area contributed by atoms with Crippen molar-refractivity contribution in [2.45, 2.75) is 75.4 Å². The topological polar surface area (TPSA) is 196 Å². The van der Waals surface area contributed by atoms with Crippen LogP contribution in [0.15, 0.2) is 45.6 Å². The second kappa shape index (κ2) is 18.5. The number of hydrogen-bond donors (Lipinski definition) is 6. The first-order chi connectivity index (χ1) is 23.0. The van der Waals surface area contributed by atoms with Crippen molar-refractivity contribution < 1.29 is 24.3 Å². The van der Waals surface area contributed by atoms with E-state index < -0.39 is 29.9 Å². The number of nitrogens with two attached hydrogens (primary N) is 2. The summed E-state index contributed by atoms with van der Waals surface area (Å²) in [6.07, 6.45) is 8.38. The molecule has 0 aliphatic carbocycles. The molecule has 4 rings (SSSR count). The van der Waals surface area contributed by atoms with Gasteiger partial charge in [-0.05, 0) is 125 Å². The Morgan fingerprint density at radius 3 is 2.15 bits per heavy atom. The molecular weight excluding hydrogens is 748 g/mol. The van der Waals surface area contributed by atoms with E-state index in [2.05, 4.69) is 52.8 Å². The summed E-state index contributed by atoms with van der Waals surface area (Å²) in [6.45, 7) is 2.57. The molecule has 0 saturated carbocycles. The molecule has 2 atom stereocenters. The molecule has 3 heterocycles. The number of phenols is 1. The highest BCUT2D eigenvalue weighted by atomic mass is 79.9. The Bertz CT molecular complexity index is 1380. The number of aromatic nitrogens is 1. The van der Waals surface area contributed by atoms with Gasteiger partial charge in [-0.25, -0.2) is 4.79 Å². The number of halogens is 2. The molecule has 15 heteroatoms. The minimum absolute atomic E-state index is 0.0230. The van der Waals surface area contributed by atoms with Crippen molar-refractivity contribution in [1.82, 2.24) is 30.7 Å². The van der Waals surface area contributed by atoms with Crippen molar-refractivity contribution in [2.75, 3.05) is 39.3 Å². The number of rotatable bonds is 14. The average molecular weight is 795 g/mol. The molecule has 0 spiro atoms. The Labute approximate surface area is 298 Å². The van der Waals surface area contributed by atoms with Crippen molar-refractivity contribution in [3.05, 3.63) is 56.7 Å². The molecule has 5 amide bonds. The highest BCUT2D eigenvalue weighted by Crippen LogP contribution is 2.34. The van der Waals surface area contributed by atoms with E-state index in [0.717, 1.165) is 12.8 Å². The molecule has 2 fully saturated rings. The fourth-order valence-corrected chi connectivity index (χ4v) is 7.55. The molecule has 0 radical (unpaired) electrons. The predicted molar refractivity (Wildman–Crippen MR) is 189 cm³/mol. The number of carbonyl (C=O) groups is 4. The van der Waals surface area contributed by atoms with Crippen LogP contribution in [0.2, 0.25) is 0 Å². The van der Waals surface area contributed by atoms with Gasteiger partial charge in [0, 0.05) is 51.0 Å². The van der Waals surface area contributed by atoms with Gasteiger partial charge < -0.3 is 42.3 Å². The molecule has 262 valence electrons. The molecule has 1 aromatic carbocycles. The van der Waals surface area contributed by atoms with Crippen LogP contribution in [0.1, 0.15) is 62.0 Å². The predicted octanol–water partition coefficient (Wildman–Crippen LogP) is 2.49. The number of benzene rings is 1. The van der Waals surface area contributed by atoms with Gasteiger partial charge in [0.1, 0.15) is 17.8 Å². The number of primary amides is 1. The number of piperidine rings is 2. The van der Waals surface area contributed by atoms with Crippen molar-refractivity contribution in [3.8, 4) is 5.75 Å². The molecular formula is C33H46Br2N8O5. The highest BCUT2D eigenvalue weighted by molar-refractivity contribution is 9.11. The minimum Gasteiger partial charge on any atom is -0.506 e. The first-order valence-electron chi connectivity index (χ1n) is 16.5. The van der Waals surface area contributed by atoms with Crippen molar-refractivity contribution in [2.24, 2.45) is 11.5 Å². The molecule has 48 heavy (non-hydrogen) atoms. The lowest BCUT2D eigenvalue weighted by atomic mass is 9.89. The van der Waals surface area contributed by atoms with E-state index in [4.69, 9.17) is 11.5 Å². The van der Waals surface area contributed by atoms with Crippen LogP contribution >= 0.6 is 31.9 Å². The number of unbranched alkanes of at least 4 members (excludes halogenated alkanes) is 1. The number of hydrogen-bond acceptors (Lipinski definition) is 8. The number of likely N-dealkylation sites (tertiary alicyclic amines) is 2. The first kappa shape index (κ1) is 37.5. The molecule has 1 aromatic heterocycles. The summed E-state index contributed by atoms with van der Waals surface area (Å²) in [5.41, 5.74) is 12.9. The van der Waals surface area contributed by atoms with Crippen LogP contribution in [0.25, 0.3) is 0 Å². The van der Waals surface area contributed by atoms with E-state index in [0.29, 0.717) is 85.3 Å². The lowest BCUT2D eigenvalue weighted by Crippen LogP contribution is -2.58. The number of carbonyl (C=O) groups excluding carboxylic acids is 4. The molecule has 0 unspecified atom stereocenters. The van der Waals surface area contributed by atoms with Crippen LogP contribution in [-0.4, -0.2) is 101 Å². The molecule has 13 nitrogen and oxygen atoms in total. The number of amides is 5. The Hall–Kier alpha value is -3.27. The van der Waals surface area contributed by atoms with Crippen molar-refractivity contribution >= 4 is 55.6 Å². The Morgan fingerprint density at radius 1 is 0.917 bits per heavy atom. The summed E-state index contributed by atoms with van der Waals surface area (Å²) in [5.74, 6) is -0.686. The largest absolute Gasteiger partial charge is 0.506 e. The second-order valence-corrected chi connectivity index (χ2v) is 14.2. The van der Waals surface area contributed by atoms with E-state index in [1.54, 1.807) is 29.4 Å². The zero-order valence-electron chi connectivity index (χ0n) is 27.0. The van der Waals surface area contributed by atoms with Crippen molar-refractivity contribution in [1.29, 1.82) is 0 Å². The Kier molecular flexibility index (Phi) is 14.5. The van der Waals surface area contributed by atoms with Crippen LogP contribution in [0.5, 0.6) is 5.75 Å². The monoisotopic (exact) mass is 792 g/mol. The van der Waals surface area contributed by atoms with Gasteiger partial charge in [0.05, 0.1) is 15.5 Å². The summed E-state index contributed by atoms with van der Waals surface area (Å²) >= 11 is 6.70. The van der Waals surface area contributed by atoms with E-state index in [1.165, 1.54) is 5.56 Å². The summed E-state index contributed by atoms with van der Waals surface area (Å²) < 4.78 is 0.876. The maximum absolute atomic E-state index is 14.0. The van der Waals surface area contributed by atoms with Crippen molar-refractivity contribution in [3.63, 3.8) is 0 Å². The first-order valence-corrected chi connectivity index (χ1v) is 18.1. The Balaban J connectivity index is 1.46. The van der Waals surface area contributed by atoms with Crippen LogP contribution < -0.4 is 27.4 Å².